The minimum Gasteiger partial charge on any atom is -0.452 e. The third-order valence-corrected chi connectivity index (χ3v) is 4.74. The summed E-state index contributed by atoms with van der Waals surface area (Å²) >= 11 is 0. The minimum atomic E-state index is -1.07. The van der Waals surface area contributed by atoms with E-state index in [9.17, 15) is 18.4 Å². The highest BCUT2D eigenvalue weighted by molar-refractivity contribution is 5.97. The molecule has 0 unspecified atom stereocenters. The Hall–Kier alpha value is -2.76. The molecule has 4 nitrogen and oxygen atoms in total. The van der Waals surface area contributed by atoms with E-state index < -0.39 is 30.1 Å². The van der Waals surface area contributed by atoms with Crippen LogP contribution in [0.1, 0.15) is 38.2 Å². The summed E-state index contributed by atoms with van der Waals surface area (Å²) in [6, 6.07) is 2.98. The van der Waals surface area contributed by atoms with Gasteiger partial charge in [0.2, 0.25) is 0 Å². The fraction of sp³-hybridized carbons (Fsp3) is 0.300. The third kappa shape index (κ3) is 3.90. The number of benzene rings is 2. The van der Waals surface area contributed by atoms with Crippen LogP contribution in [0.2, 0.25) is 0 Å². The van der Waals surface area contributed by atoms with Crippen molar-refractivity contribution in [3.8, 4) is 0 Å². The molecule has 0 atom stereocenters. The van der Waals surface area contributed by atoms with Crippen LogP contribution in [0.15, 0.2) is 18.2 Å². The number of esters is 1. The van der Waals surface area contributed by atoms with Crippen molar-refractivity contribution in [1.82, 2.24) is 0 Å². The number of ether oxygens (including phenoxy) is 1. The van der Waals surface area contributed by atoms with Crippen LogP contribution in [-0.4, -0.2) is 18.5 Å². The van der Waals surface area contributed by atoms with Crippen LogP contribution in [-0.2, 0) is 9.53 Å². The Morgan fingerprint density at radius 3 is 1.96 bits per heavy atom. The maximum Gasteiger partial charge on any atom is 0.339 e. The van der Waals surface area contributed by atoms with Crippen LogP contribution < -0.4 is 5.32 Å². The van der Waals surface area contributed by atoms with E-state index in [1.165, 1.54) is 6.07 Å². The second kappa shape index (κ2) is 7.64. The van der Waals surface area contributed by atoms with Gasteiger partial charge in [-0.15, -0.1) is 0 Å². The lowest BCUT2D eigenvalue weighted by molar-refractivity contribution is -0.119. The third-order valence-electron chi connectivity index (χ3n) is 4.74. The predicted molar refractivity (Wildman–Crippen MR) is 95.4 cm³/mol. The molecule has 0 radical (unpaired) electrons. The molecule has 1 amide bonds. The zero-order chi connectivity index (χ0) is 19.6. The van der Waals surface area contributed by atoms with Gasteiger partial charge in [-0.3, -0.25) is 4.79 Å². The molecule has 0 saturated heterocycles. The Balaban J connectivity index is 2.09. The van der Waals surface area contributed by atoms with Gasteiger partial charge in [0.25, 0.3) is 5.91 Å². The van der Waals surface area contributed by atoms with Crippen LogP contribution in [0.3, 0.4) is 0 Å². The van der Waals surface area contributed by atoms with Crippen molar-refractivity contribution in [2.45, 2.75) is 34.6 Å². The van der Waals surface area contributed by atoms with E-state index in [1.807, 2.05) is 34.6 Å². The Labute approximate surface area is 151 Å². The second-order valence-corrected chi connectivity index (χ2v) is 6.25. The summed E-state index contributed by atoms with van der Waals surface area (Å²) in [7, 11) is 0. The van der Waals surface area contributed by atoms with E-state index in [-0.39, 0.29) is 5.69 Å². The zero-order valence-corrected chi connectivity index (χ0v) is 15.4. The molecule has 0 saturated carbocycles. The molecule has 0 spiro atoms. The van der Waals surface area contributed by atoms with Gasteiger partial charge in [0.15, 0.2) is 18.2 Å². The molecule has 0 heterocycles. The van der Waals surface area contributed by atoms with E-state index in [2.05, 4.69) is 5.32 Å². The monoisotopic (exact) mass is 361 g/mol. The SMILES string of the molecule is Cc1c(C)c(C)c(C(=O)OCC(=O)Nc2ccc(F)c(F)c2)c(C)c1C. The molecule has 0 aliphatic carbocycles. The number of carbonyl (C=O) groups is 2. The number of nitrogens with one attached hydrogen (secondary N) is 1. The molecule has 2 aromatic rings. The highest BCUT2D eigenvalue weighted by Gasteiger charge is 2.20. The van der Waals surface area contributed by atoms with Gasteiger partial charge in [-0.25, -0.2) is 13.6 Å². The van der Waals surface area contributed by atoms with Crippen LogP contribution >= 0.6 is 0 Å². The maximum atomic E-state index is 13.2. The summed E-state index contributed by atoms with van der Waals surface area (Å²) in [4.78, 5) is 24.3. The van der Waals surface area contributed by atoms with Gasteiger partial charge in [-0.05, 0) is 74.6 Å². The van der Waals surface area contributed by atoms with Crippen LogP contribution in [0, 0.1) is 46.3 Å². The number of amides is 1. The number of halogens is 2. The summed E-state index contributed by atoms with van der Waals surface area (Å²) in [6.45, 7) is 9.02. The number of hydrogen-bond acceptors (Lipinski definition) is 3. The van der Waals surface area contributed by atoms with Crippen molar-refractivity contribution in [3.63, 3.8) is 0 Å². The summed E-state index contributed by atoms with van der Waals surface area (Å²) in [5.41, 5.74) is 5.30. The molecule has 0 fully saturated rings. The second-order valence-electron chi connectivity index (χ2n) is 6.25. The molecule has 0 bridgehead atoms. The highest BCUT2D eigenvalue weighted by Crippen LogP contribution is 2.26. The van der Waals surface area contributed by atoms with Crippen molar-refractivity contribution in [3.05, 3.63) is 63.2 Å². The Morgan fingerprint density at radius 2 is 1.42 bits per heavy atom. The fourth-order valence-corrected chi connectivity index (χ4v) is 2.78. The van der Waals surface area contributed by atoms with E-state index in [1.54, 1.807) is 0 Å². The van der Waals surface area contributed by atoms with Gasteiger partial charge in [-0.1, -0.05) is 0 Å². The van der Waals surface area contributed by atoms with E-state index in [0.717, 1.165) is 39.9 Å². The van der Waals surface area contributed by atoms with Gasteiger partial charge in [0.05, 0.1) is 5.56 Å². The number of carbonyl (C=O) groups excluding carboxylic acids is 2. The lowest BCUT2D eigenvalue weighted by Crippen LogP contribution is -2.22. The van der Waals surface area contributed by atoms with Crippen LogP contribution in [0.4, 0.5) is 14.5 Å². The Morgan fingerprint density at radius 1 is 0.885 bits per heavy atom. The Kier molecular flexibility index (Phi) is 5.75. The molecule has 1 N–H and O–H groups in total. The molecular formula is C20H21F2NO3. The smallest absolute Gasteiger partial charge is 0.339 e. The zero-order valence-electron chi connectivity index (χ0n) is 15.4. The van der Waals surface area contributed by atoms with Crippen LogP contribution in [0.25, 0.3) is 0 Å². The highest BCUT2D eigenvalue weighted by atomic mass is 19.2. The first-order valence-electron chi connectivity index (χ1n) is 8.12. The molecule has 138 valence electrons. The average molecular weight is 361 g/mol. The molecule has 0 aromatic heterocycles. The van der Waals surface area contributed by atoms with Crippen molar-refractivity contribution >= 4 is 17.6 Å². The largest absolute Gasteiger partial charge is 0.452 e. The fourth-order valence-electron chi connectivity index (χ4n) is 2.78. The summed E-state index contributed by atoms with van der Waals surface area (Å²) < 4.78 is 31.1. The maximum absolute atomic E-state index is 13.2. The quantitative estimate of drug-likeness (QED) is 0.826. The summed E-state index contributed by atoms with van der Waals surface area (Å²) in [5.74, 6) is -3.31. The number of anilines is 1. The van der Waals surface area contributed by atoms with Crippen molar-refractivity contribution in [2.24, 2.45) is 0 Å². The van der Waals surface area contributed by atoms with E-state index >= 15 is 0 Å². The lowest BCUT2D eigenvalue weighted by Gasteiger charge is -2.17. The van der Waals surface area contributed by atoms with Gasteiger partial charge in [0, 0.05) is 11.8 Å². The molecular weight excluding hydrogens is 340 g/mol. The van der Waals surface area contributed by atoms with Gasteiger partial charge >= 0.3 is 5.97 Å². The first-order chi connectivity index (χ1) is 12.1. The average Bonchev–Trinajstić information content (AvgIpc) is 2.60. The normalized spacial score (nSPS) is 10.6. The topological polar surface area (TPSA) is 55.4 Å². The molecule has 0 aliphatic heterocycles. The minimum absolute atomic E-state index is 0.0827. The van der Waals surface area contributed by atoms with Gasteiger partial charge < -0.3 is 10.1 Å². The summed E-state index contributed by atoms with van der Waals surface area (Å²) in [6.07, 6.45) is 0. The summed E-state index contributed by atoms with van der Waals surface area (Å²) in [5, 5.41) is 2.36. The molecule has 26 heavy (non-hydrogen) atoms. The molecule has 6 heteroatoms. The lowest BCUT2D eigenvalue weighted by atomic mass is 9.90. The van der Waals surface area contributed by atoms with Crippen molar-refractivity contribution < 1.29 is 23.1 Å². The number of rotatable bonds is 4. The van der Waals surface area contributed by atoms with Crippen molar-refractivity contribution in [2.75, 3.05) is 11.9 Å². The Bertz CT molecular complexity index is 862. The van der Waals surface area contributed by atoms with E-state index in [4.69, 9.17) is 4.74 Å². The molecule has 2 aromatic carbocycles. The first-order valence-corrected chi connectivity index (χ1v) is 8.12. The molecule has 2 rings (SSSR count). The predicted octanol–water partition coefficient (Wildman–Crippen LogP) is 4.30. The van der Waals surface area contributed by atoms with Gasteiger partial charge in [-0.2, -0.15) is 0 Å². The van der Waals surface area contributed by atoms with E-state index in [0.29, 0.717) is 5.56 Å². The standard InChI is InChI=1S/C20H21F2NO3/c1-10-11(2)13(4)19(14(5)12(10)3)20(25)26-9-18(24)23-15-6-7-16(21)17(22)8-15/h6-8H,9H2,1-5H3,(H,23,24). The van der Waals surface area contributed by atoms with Crippen LogP contribution in [0.5, 0.6) is 0 Å². The van der Waals surface area contributed by atoms with Crippen molar-refractivity contribution in [1.29, 1.82) is 0 Å². The number of hydrogen-bond donors (Lipinski definition) is 1. The first kappa shape index (κ1) is 19.6. The molecule has 0 aliphatic rings. The van der Waals surface area contributed by atoms with Gasteiger partial charge in [0.1, 0.15) is 0 Å².